The number of non-ortho nitro benzene ring substituents is 1. The van der Waals surface area contributed by atoms with E-state index in [1.165, 1.54) is 57.4 Å². The van der Waals surface area contributed by atoms with Crippen LogP contribution in [0.3, 0.4) is 0 Å². The van der Waals surface area contributed by atoms with Crippen LogP contribution in [-0.4, -0.2) is 61.5 Å². The Kier molecular flexibility index (Phi) is 5.74. The number of piperazine rings is 1. The van der Waals surface area contributed by atoms with E-state index in [4.69, 9.17) is 0 Å². The first-order valence-electron chi connectivity index (χ1n) is 8.31. The second-order valence-corrected chi connectivity index (χ2v) is 10.1. The average Bonchev–Trinajstić information content (AvgIpc) is 2.68. The van der Waals surface area contributed by atoms with E-state index in [-0.39, 0.29) is 42.5 Å². The fraction of sp³-hybridized carbons (Fsp3) is 0.312. The van der Waals surface area contributed by atoms with Crippen molar-refractivity contribution in [3.8, 4) is 0 Å². The molecule has 12 heteroatoms. The smallest absolute Gasteiger partial charge is 0.263 e. The van der Waals surface area contributed by atoms with Crippen molar-refractivity contribution in [2.24, 2.45) is 0 Å². The number of benzene rings is 1. The van der Waals surface area contributed by atoms with Crippen LogP contribution in [0.4, 0.5) is 5.69 Å². The lowest BCUT2D eigenvalue weighted by Crippen LogP contribution is -2.50. The van der Waals surface area contributed by atoms with Gasteiger partial charge in [0, 0.05) is 50.7 Å². The van der Waals surface area contributed by atoms with E-state index in [1.54, 1.807) is 0 Å². The molecule has 0 bridgehead atoms. The maximum Gasteiger partial charge on any atom is 0.269 e. The van der Waals surface area contributed by atoms with Crippen molar-refractivity contribution in [3.63, 3.8) is 0 Å². The number of nitrogens with zero attached hydrogens (tertiary/aromatic N) is 4. The van der Waals surface area contributed by atoms with Crippen LogP contribution in [0.5, 0.6) is 0 Å². The van der Waals surface area contributed by atoms with E-state index in [2.05, 4.69) is 4.98 Å². The van der Waals surface area contributed by atoms with Crippen LogP contribution in [0.15, 0.2) is 53.7 Å². The quantitative estimate of drug-likeness (QED) is 0.494. The number of pyridine rings is 1. The van der Waals surface area contributed by atoms with Crippen LogP contribution in [0.2, 0.25) is 0 Å². The zero-order valence-corrected chi connectivity index (χ0v) is 16.3. The number of nitro benzene ring substituents is 1. The minimum absolute atomic E-state index is 0.0107. The molecule has 10 nitrogen and oxygen atoms in total. The molecule has 150 valence electrons. The third-order valence-electron chi connectivity index (χ3n) is 4.33. The van der Waals surface area contributed by atoms with Crippen molar-refractivity contribution in [2.45, 2.75) is 10.6 Å². The zero-order chi connectivity index (χ0) is 20.4. The molecule has 0 atom stereocenters. The fourth-order valence-electron chi connectivity index (χ4n) is 2.90. The van der Waals surface area contributed by atoms with Gasteiger partial charge in [0.2, 0.25) is 20.0 Å². The highest BCUT2D eigenvalue weighted by atomic mass is 32.2. The third kappa shape index (κ3) is 4.35. The van der Waals surface area contributed by atoms with Crippen LogP contribution in [0.1, 0.15) is 5.56 Å². The molecular formula is C16H18N4O6S2. The second-order valence-electron chi connectivity index (χ2n) is 6.18. The summed E-state index contributed by atoms with van der Waals surface area (Å²) >= 11 is 0. The predicted molar refractivity (Wildman–Crippen MR) is 100 cm³/mol. The fourth-order valence-corrected chi connectivity index (χ4v) is 5.79. The molecule has 1 fully saturated rings. The lowest BCUT2D eigenvalue weighted by atomic mass is 10.2. The number of hydrogen-bond donors (Lipinski definition) is 0. The SMILES string of the molecule is O=[N+]([O-])c1cccc(CS(=O)(=O)N2CCN(S(=O)(=O)c3cccnc3)CC2)c1. The monoisotopic (exact) mass is 426 g/mol. The molecule has 1 aromatic carbocycles. The number of sulfonamides is 2. The Morgan fingerprint density at radius 1 is 1.00 bits per heavy atom. The standard InChI is InChI=1S/C16H18N4O6S2/c21-20(22)15-4-1-3-14(11-15)13-27(23,24)18-7-9-19(10-8-18)28(25,26)16-5-2-6-17-12-16/h1-6,11-12H,7-10,13H2. The molecule has 2 heterocycles. The Labute approximate surface area is 162 Å². The van der Waals surface area contributed by atoms with Crippen molar-refractivity contribution in [1.29, 1.82) is 0 Å². The van der Waals surface area contributed by atoms with Gasteiger partial charge in [0.25, 0.3) is 5.69 Å². The third-order valence-corrected chi connectivity index (χ3v) is 8.07. The summed E-state index contributed by atoms with van der Waals surface area (Å²) in [6.45, 7) is 0.0598. The molecule has 0 spiro atoms. The predicted octanol–water partition coefficient (Wildman–Crippen LogP) is 0.826. The van der Waals surface area contributed by atoms with Gasteiger partial charge in [-0.2, -0.15) is 8.61 Å². The van der Waals surface area contributed by atoms with Crippen molar-refractivity contribution in [1.82, 2.24) is 13.6 Å². The lowest BCUT2D eigenvalue weighted by molar-refractivity contribution is -0.384. The molecule has 2 aromatic rings. The molecule has 0 amide bonds. The highest BCUT2D eigenvalue weighted by Gasteiger charge is 2.33. The normalized spacial score (nSPS) is 16.7. The van der Waals surface area contributed by atoms with Crippen molar-refractivity contribution >= 4 is 25.7 Å². The van der Waals surface area contributed by atoms with Gasteiger partial charge in [-0.05, 0) is 17.7 Å². The summed E-state index contributed by atoms with van der Waals surface area (Å²) in [5.74, 6) is -0.385. The molecular weight excluding hydrogens is 408 g/mol. The van der Waals surface area contributed by atoms with E-state index in [0.717, 1.165) is 0 Å². The topological polar surface area (TPSA) is 131 Å². The molecule has 0 aliphatic carbocycles. The van der Waals surface area contributed by atoms with Crippen molar-refractivity contribution < 1.29 is 21.8 Å². The molecule has 0 saturated carbocycles. The molecule has 1 aromatic heterocycles. The van der Waals surface area contributed by atoms with Gasteiger partial charge in [0.15, 0.2) is 0 Å². The average molecular weight is 426 g/mol. The van der Waals surface area contributed by atoms with Gasteiger partial charge in [-0.3, -0.25) is 15.1 Å². The Balaban J connectivity index is 1.69. The van der Waals surface area contributed by atoms with E-state index in [1.807, 2.05) is 0 Å². The number of aromatic nitrogens is 1. The summed E-state index contributed by atoms with van der Waals surface area (Å²) in [4.78, 5) is 14.1. The molecule has 1 saturated heterocycles. The van der Waals surface area contributed by atoms with Crippen molar-refractivity contribution in [2.75, 3.05) is 26.2 Å². The highest BCUT2D eigenvalue weighted by Crippen LogP contribution is 2.21. The van der Waals surface area contributed by atoms with E-state index < -0.39 is 25.0 Å². The van der Waals surface area contributed by atoms with Crippen LogP contribution in [0.25, 0.3) is 0 Å². The second kappa shape index (κ2) is 7.91. The molecule has 0 radical (unpaired) electrons. The first kappa shape index (κ1) is 20.3. The van der Waals surface area contributed by atoms with E-state index in [0.29, 0.717) is 5.56 Å². The minimum atomic E-state index is -3.74. The Hall–Kier alpha value is -2.41. The van der Waals surface area contributed by atoms with Gasteiger partial charge in [-0.25, -0.2) is 16.8 Å². The van der Waals surface area contributed by atoms with E-state index in [9.17, 15) is 26.9 Å². The molecule has 28 heavy (non-hydrogen) atoms. The summed E-state index contributed by atoms with van der Waals surface area (Å²) < 4.78 is 52.9. The zero-order valence-electron chi connectivity index (χ0n) is 14.7. The Morgan fingerprint density at radius 2 is 1.68 bits per heavy atom. The summed E-state index contributed by atoms with van der Waals surface area (Å²) in [6.07, 6.45) is 2.72. The van der Waals surface area contributed by atoms with Gasteiger partial charge in [-0.15, -0.1) is 0 Å². The largest absolute Gasteiger partial charge is 0.269 e. The van der Waals surface area contributed by atoms with Gasteiger partial charge in [-0.1, -0.05) is 12.1 Å². The van der Waals surface area contributed by atoms with Crippen LogP contribution < -0.4 is 0 Å². The summed E-state index contributed by atoms with van der Waals surface area (Å²) in [6, 6.07) is 8.41. The Morgan fingerprint density at radius 3 is 2.29 bits per heavy atom. The van der Waals surface area contributed by atoms with E-state index >= 15 is 0 Å². The number of rotatable bonds is 6. The first-order chi connectivity index (χ1) is 13.2. The van der Waals surface area contributed by atoms with Gasteiger partial charge >= 0.3 is 0 Å². The van der Waals surface area contributed by atoms with Gasteiger partial charge in [0.1, 0.15) is 4.90 Å². The van der Waals surface area contributed by atoms with Crippen LogP contribution in [0, 0.1) is 10.1 Å². The highest BCUT2D eigenvalue weighted by molar-refractivity contribution is 7.89. The van der Waals surface area contributed by atoms with Crippen molar-refractivity contribution in [3.05, 3.63) is 64.5 Å². The summed E-state index contributed by atoms with van der Waals surface area (Å²) in [5, 5.41) is 10.8. The number of nitro groups is 1. The van der Waals surface area contributed by atoms with Crippen LogP contribution >= 0.6 is 0 Å². The van der Waals surface area contributed by atoms with Gasteiger partial charge < -0.3 is 0 Å². The lowest BCUT2D eigenvalue weighted by Gasteiger charge is -2.33. The molecule has 1 aliphatic heterocycles. The molecule has 0 N–H and O–H groups in total. The van der Waals surface area contributed by atoms with Crippen LogP contribution in [-0.2, 0) is 25.8 Å². The van der Waals surface area contributed by atoms with Gasteiger partial charge in [0.05, 0.1) is 10.7 Å². The Bertz CT molecular complexity index is 1070. The number of hydrogen-bond acceptors (Lipinski definition) is 7. The summed E-state index contributed by atoms with van der Waals surface area (Å²) in [5.41, 5.74) is 0.125. The molecule has 1 aliphatic rings. The first-order valence-corrected chi connectivity index (χ1v) is 11.4. The molecule has 3 rings (SSSR count). The molecule has 0 unspecified atom stereocenters. The summed E-state index contributed by atoms with van der Waals surface area (Å²) in [7, 11) is -7.47. The minimum Gasteiger partial charge on any atom is -0.263 e. The maximum absolute atomic E-state index is 12.6. The maximum atomic E-state index is 12.6.